The Labute approximate surface area is 139 Å². The van der Waals surface area contributed by atoms with Crippen LogP contribution in [-0.2, 0) is 5.75 Å². The molecule has 8 heteroatoms. The van der Waals surface area contributed by atoms with Gasteiger partial charge in [0, 0.05) is 15.7 Å². The molecule has 0 spiro atoms. The number of aromatic carboxylic acids is 1. The Morgan fingerprint density at radius 3 is 2.39 bits per heavy atom. The predicted octanol–water partition coefficient (Wildman–Crippen LogP) is 5.23. The van der Waals surface area contributed by atoms with Gasteiger partial charge in [0.05, 0.1) is 5.56 Å². The maximum absolute atomic E-state index is 12.2. The Morgan fingerprint density at radius 2 is 1.83 bits per heavy atom. The number of carbonyl (C=O) groups is 1. The van der Waals surface area contributed by atoms with E-state index in [0.717, 1.165) is 17.7 Å². The van der Waals surface area contributed by atoms with Crippen molar-refractivity contribution in [3.8, 4) is 5.75 Å². The third kappa shape index (κ3) is 5.37. The molecule has 0 fully saturated rings. The van der Waals surface area contributed by atoms with Crippen LogP contribution in [0.4, 0.5) is 13.2 Å². The van der Waals surface area contributed by atoms with Crippen LogP contribution in [-0.4, -0.2) is 17.4 Å². The summed E-state index contributed by atoms with van der Waals surface area (Å²) in [7, 11) is 0. The average Bonchev–Trinajstić information content (AvgIpc) is 2.45. The summed E-state index contributed by atoms with van der Waals surface area (Å²) in [6.07, 6.45) is -4.87. The number of alkyl halides is 3. The summed E-state index contributed by atoms with van der Waals surface area (Å²) in [5.74, 6) is -1.43. The van der Waals surface area contributed by atoms with Crippen LogP contribution in [0.2, 0.25) is 5.02 Å². The van der Waals surface area contributed by atoms with Crippen molar-refractivity contribution >= 4 is 29.3 Å². The van der Waals surface area contributed by atoms with Crippen LogP contribution in [0, 0.1) is 0 Å². The number of carboxylic acid groups (broad SMARTS) is 1. The van der Waals surface area contributed by atoms with Crippen molar-refractivity contribution in [2.75, 3.05) is 0 Å². The molecule has 0 radical (unpaired) electrons. The van der Waals surface area contributed by atoms with Gasteiger partial charge in [-0.2, -0.15) is 0 Å². The quantitative estimate of drug-likeness (QED) is 0.740. The van der Waals surface area contributed by atoms with E-state index in [2.05, 4.69) is 4.74 Å². The number of halogens is 4. The second-order valence-electron chi connectivity index (χ2n) is 4.43. The highest BCUT2D eigenvalue weighted by Crippen LogP contribution is 2.31. The lowest BCUT2D eigenvalue weighted by molar-refractivity contribution is -0.274. The molecule has 0 aliphatic heterocycles. The minimum absolute atomic E-state index is 0.245. The van der Waals surface area contributed by atoms with E-state index in [1.807, 2.05) is 0 Å². The molecular weight excluding hydrogens is 353 g/mol. The highest BCUT2D eigenvalue weighted by Gasteiger charge is 2.31. The molecule has 0 amide bonds. The smallest absolute Gasteiger partial charge is 0.478 e. The lowest BCUT2D eigenvalue weighted by atomic mass is 10.2. The number of thioether (sulfide) groups is 1. The first kappa shape index (κ1) is 17.5. The standard InChI is InChI=1S/C15H10ClF3O3S/c16-10-3-1-9(2-4-10)8-23-13-6-5-11(22-15(17,18)19)7-12(13)14(20)21/h1-7H,8H2,(H,20,21). The first-order chi connectivity index (χ1) is 10.7. The van der Waals surface area contributed by atoms with Crippen LogP contribution >= 0.6 is 23.4 Å². The summed E-state index contributed by atoms with van der Waals surface area (Å²) < 4.78 is 40.3. The highest BCUT2D eigenvalue weighted by molar-refractivity contribution is 7.98. The van der Waals surface area contributed by atoms with Crippen molar-refractivity contribution in [3.63, 3.8) is 0 Å². The molecule has 3 nitrogen and oxygen atoms in total. The van der Waals surface area contributed by atoms with Gasteiger partial charge in [0.15, 0.2) is 0 Å². The van der Waals surface area contributed by atoms with Crippen LogP contribution in [0.15, 0.2) is 47.4 Å². The normalized spacial score (nSPS) is 11.3. The monoisotopic (exact) mass is 362 g/mol. The van der Waals surface area contributed by atoms with Gasteiger partial charge in [-0.1, -0.05) is 23.7 Å². The molecule has 23 heavy (non-hydrogen) atoms. The maximum atomic E-state index is 12.2. The summed E-state index contributed by atoms with van der Waals surface area (Å²) in [6, 6.07) is 10.2. The van der Waals surface area contributed by atoms with Crippen molar-refractivity contribution in [3.05, 3.63) is 58.6 Å². The van der Waals surface area contributed by atoms with Gasteiger partial charge in [-0.25, -0.2) is 4.79 Å². The molecule has 0 aliphatic carbocycles. The van der Waals surface area contributed by atoms with Gasteiger partial charge in [0.2, 0.25) is 0 Å². The molecule has 2 aromatic carbocycles. The molecule has 0 aliphatic rings. The van der Waals surface area contributed by atoms with Crippen LogP contribution in [0.3, 0.4) is 0 Å². The van der Waals surface area contributed by atoms with E-state index in [0.29, 0.717) is 15.7 Å². The first-order valence-corrected chi connectivity index (χ1v) is 7.61. The average molecular weight is 363 g/mol. The Hall–Kier alpha value is -1.86. The molecule has 1 N–H and O–H groups in total. The Bertz CT molecular complexity index is 702. The van der Waals surface area contributed by atoms with Crippen LogP contribution < -0.4 is 4.74 Å². The first-order valence-electron chi connectivity index (χ1n) is 6.25. The van der Waals surface area contributed by atoms with E-state index in [-0.39, 0.29) is 5.56 Å². The topological polar surface area (TPSA) is 46.5 Å². The highest BCUT2D eigenvalue weighted by atomic mass is 35.5. The maximum Gasteiger partial charge on any atom is 0.573 e. The van der Waals surface area contributed by atoms with Crippen molar-refractivity contribution < 1.29 is 27.8 Å². The lowest BCUT2D eigenvalue weighted by Crippen LogP contribution is -2.17. The molecular formula is C15H10ClF3O3S. The molecule has 0 heterocycles. The molecule has 2 rings (SSSR count). The van der Waals surface area contributed by atoms with E-state index in [9.17, 15) is 18.0 Å². The van der Waals surface area contributed by atoms with Gasteiger partial charge in [0.25, 0.3) is 0 Å². The Morgan fingerprint density at radius 1 is 1.17 bits per heavy atom. The van der Waals surface area contributed by atoms with Crippen molar-refractivity contribution in [2.45, 2.75) is 17.0 Å². The van der Waals surface area contributed by atoms with Crippen molar-refractivity contribution in [1.29, 1.82) is 0 Å². The SMILES string of the molecule is O=C(O)c1cc(OC(F)(F)F)ccc1SCc1ccc(Cl)cc1. The summed E-state index contributed by atoms with van der Waals surface area (Å²) in [5.41, 5.74) is 0.664. The number of hydrogen-bond acceptors (Lipinski definition) is 3. The van der Waals surface area contributed by atoms with Gasteiger partial charge in [-0.3, -0.25) is 0 Å². The summed E-state index contributed by atoms with van der Waals surface area (Å²) in [5, 5.41) is 9.74. The Kier molecular flexibility index (Phi) is 5.43. The number of rotatable bonds is 5. The van der Waals surface area contributed by atoms with E-state index in [1.165, 1.54) is 17.8 Å². The van der Waals surface area contributed by atoms with E-state index < -0.39 is 18.1 Å². The van der Waals surface area contributed by atoms with Crippen LogP contribution in [0.25, 0.3) is 0 Å². The molecule has 2 aromatic rings. The Balaban J connectivity index is 2.17. The van der Waals surface area contributed by atoms with Gasteiger partial charge in [-0.05, 0) is 35.9 Å². The number of hydrogen-bond donors (Lipinski definition) is 1. The van der Waals surface area contributed by atoms with Crippen LogP contribution in [0.1, 0.15) is 15.9 Å². The summed E-state index contributed by atoms with van der Waals surface area (Å²) in [4.78, 5) is 11.6. The second kappa shape index (κ2) is 7.14. The third-order valence-corrected chi connectivity index (χ3v) is 4.12. The fraction of sp³-hybridized carbons (Fsp3) is 0.133. The van der Waals surface area contributed by atoms with Gasteiger partial charge >= 0.3 is 12.3 Å². The van der Waals surface area contributed by atoms with E-state index >= 15 is 0 Å². The van der Waals surface area contributed by atoms with Crippen LogP contribution in [0.5, 0.6) is 5.75 Å². The fourth-order valence-electron chi connectivity index (χ4n) is 1.74. The van der Waals surface area contributed by atoms with E-state index in [4.69, 9.17) is 16.7 Å². The zero-order valence-corrected chi connectivity index (χ0v) is 13.0. The van der Waals surface area contributed by atoms with Gasteiger partial charge < -0.3 is 9.84 Å². The minimum atomic E-state index is -4.87. The van der Waals surface area contributed by atoms with Gasteiger partial charge in [-0.15, -0.1) is 24.9 Å². The summed E-state index contributed by atoms with van der Waals surface area (Å²) in [6.45, 7) is 0. The van der Waals surface area contributed by atoms with Crippen molar-refractivity contribution in [1.82, 2.24) is 0 Å². The third-order valence-electron chi connectivity index (χ3n) is 2.72. The zero-order valence-electron chi connectivity index (χ0n) is 11.4. The number of benzene rings is 2. The fourth-order valence-corrected chi connectivity index (χ4v) is 2.85. The van der Waals surface area contributed by atoms with E-state index in [1.54, 1.807) is 24.3 Å². The molecule has 0 unspecified atom stereocenters. The predicted molar refractivity (Wildman–Crippen MR) is 81.1 cm³/mol. The minimum Gasteiger partial charge on any atom is -0.478 e. The van der Waals surface area contributed by atoms with Gasteiger partial charge in [0.1, 0.15) is 5.75 Å². The summed E-state index contributed by atoms with van der Waals surface area (Å²) >= 11 is 6.98. The lowest BCUT2D eigenvalue weighted by Gasteiger charge is -2.11. The molecule has 0 saturated carbocycles. The molecule has 0 saturated heterocycles. The molecule has 122 valence electrons. The molecule has 0 aromatic heterocycles. The second-order valence-corrected chi connectivity index (χ2v) is 5.88. The molecule has 0 atom stereocenters. The largest absolute Gasteiger partial charge is 0.573 e. The number of carboxylic acids is 1. The molecule has 0 bridgehead atoms. The zero-order chi connectivity index (χ0) is 17.0. The van der Waals surface area contributed by atoms with Crippen molar-refractivity contribution in [2.24, 2.45) is 0 Å². The number of ether oxygens (including phenoxy) is 1.